The van der Waals surface area contributed by atoms with E-state index in [1.807, 2.05) is 19.1 Å². The monoisotopic (exact) mass is 264 g/mol. The van der Waals surface area contributed by atoms with Crippen molar-refractivity contribution < 1.29 is 5.21 Å². The van der Waals surface area contributed by atoms with Crippen molar-refractivity contribution in [3.63, 3.8) is 0 Å². The number of rotatable bonds is 3. The first-order valence-corrected chi connectivity index (χ1v) is 5.74. The van der Waals surface area contributed by atoms with Gasteiger partial charge >= 0.3 is 0 Å². The lowest BCUT2D eigenvalue weighted by Crippen LogP contribution is -2.13. The topological polar surface area (TPSA) is 76.4 Å². The van der Waals surface area contributed by atoms with E-state index in [2.05, 4.69) is 10.3 Å². The van der Waals surface area contributed by atoms with Crippen molar-refractivity contribution in [1.29, 1.82) is 0 Å². The Labute approximate surface area is 109 Å². The third-order valence-corrected chi connectivity index (χ3v) is 2.96. The maximum absolute atomic E-state index is 8.56. The second-order valence-corrected chi connectivity index (χ2v) is 4.35. The SMILES string of the molecule is Cc1nn(Cc2ccc(C(N)=NO)cc2)cc1Cl. The van der Waals surface area contributed by atoms with Crippen molar-refractivity contribution in [2.45, 2.75) is 13.5 Å². The van der Waals surface area contributed by atoms with Gasteiger partial charge in [0.25, 0.3) is 0 Å². The molecule has 0 aliphatic heterocycles. The predicted molar refractivity (Wildman–Crippen MR) is 70.0 cm³/mol. The highest BCUT2D eigenvalue weighted by Gasteiger charge is 2.03. The molecule has 2 rings (SSSR count). The van der Waals surface area contributed by atoms with Gasteiger partial charge in [0.05, 0.1) is 17.3 Å². The maximum atomic E-state index is 8.56. The molecule has 0 aliphatic rings. The molecule has 1 aromatic carbocycles. The molecule has 94 valence electrons. The molecular formula is C12H13ClN4O. The summed E-state index contributed by atoms with van der Waals surface area (Å²) in [6, 6.07) is 7.39. The molecule has 18 heavy (non-hydrogen) atoms. The van der Waals surface area contributed by atoms with Crippen LogP contribution in [-0.2, 0) is 6.54 Å². The van der Waals surface area contributed by atoms with E-state index >= 15 is 0 Å². The molecule has 2 aromatic rings. The third-order valence-electron chi connectivity index (χ3n) is 2.59. The Balaban J connectivity index is 2.15. The van der Waals surface area contributed by atoms with Gasteiger partial charge in [0.1, 0.15) is 0 Å². The van der Waals surface area contributed by atoms with E-state index in [1.165, 1.54) is 0 Å². The van der Waals surface area contributed by atoms with Crippen LogP contribution in [0.15, 0.2) is 35.6 Å². The molecule has 0 saturated carbocycles. The summed E-state index contributed by atoms with van der Waals surface area (Å²) in [5.74, 6) is 0.0968. The number of aromatic nitrogens is 2. The van der Waals surface area contributed by atoms with Crippen LogP contribution in [0.1, 0.15) is 16.8 Å². The number of oxime groups is 1. The van der Waals surface area contributed by atoms with Gasteiger partial charge in [-0.05, 0) is 12.5 Å². The van der Waals surface area contributed by atoms with Crippen LogP contribution in [0, 0.1) is 6.92 Å². The van der Waals surface area contributed by atoms with E-state index in [4.69, 9.17) is 22.5 Å². The Hall–Kier alpha value is -2.01. The molecule has 0 fully saturated rings. The lowest BCUT2D eigenvalue weighted by molar-refractivity contribution is 0.318. The molecule has 0 atom stereocenters. The van der Waals surface area contributed by atoms with Crippen molar-refractivity contribution in [3.05, 3.63) is 52.3 Å². The summed E-state index contributed by atoms with van der Waals surface area (Å²) in [5, 5.41) is 16.4. The Morgan fingerprint density at radius 3 is 2.61 bits per heavy atom. The zero-order valence-corrected chi connectivity index (χ0v) is 10.6. The Morgan fingerprint density at radius 1 is 1.44 bits per heavy atom. The molecule has 6 heteroatoms. The van der Waals surface area contributed by atoms with Gasteiger partial charge in [-0.15, -0.1) is 0 Å². The van der Waals surface area contributed by atoms with E-state index in [-0.39, 0.29) is 5.84 Å². The van der Waals surface area contributed by atoms with Crippen LogP contribution in [0.3, 0.4) is 0 Å². The van der Waals surface area contributed by atoms with E-state index in [1.54, 1.807) is 23.0 Å². The number of benzene rings is 1. The van der Waals surface area contributed by atoms with Gasteiger partial charge in [0.15, 0.2) is 5.84 Å². The molecule has 0 radical (unpaired) electrons. The fraction of sp³-hybridized carbons (Fsp3) is 0.167. The van der Waals surface area contributed by atoms with Crippen LogP contribution in [0.25, 0.3) is 0 Å². The zero-order chi connectivity index (χ0) is 13.1. The normalized spacial score (nSPS) is 11.8. The number of aryl methyl sites for hydroxylation is 1. The molecule has 0 aliphatic carbocycles. The molecule has 1 heterocycles. The zero-order valence-electron chi connectivity index (χ0n) is 9.84. The molecule has 0 spiro atoms. The van der Waals surface area contributed by atoms with Crippen LogP contribution in [-0.4, -0.2) is 20.8 Å². The lowest BCUT2D eigenvalue weighted by Gasteiger charge is -2.03. The van der Waals surface area contributed by atoms with Gasteiger partial charge in [0, 0.05) is 11.8 Å². The molecule has 0 amide bonds. The quantitative estimate of drug-likeness (QED) is 0.385. The van der Waals surface area contributed by atoms with E-state index in [0.717, 1.165) is 11.3 Å². The van der Waals surface area contributed by atoms with Gasteiger partial charge in [-0.1, -0.05) is 41.0 Å². The van der Waals surface area contributed by atoms with Crippen molar-refractivity contribution in [1.82, 2.24) is 9.78 Å². The minimum absolute atomic E-state index is 0.0968. The fourth-order valence-corrected chi connectivity index (χ4v) is 1.75. The van der Waals surface area contributed by atoms with Gasteiger partial charge in [-0.25, -0.2) is 0 Å². The van der Waals surface area contributed by atoms with Gasteiger partial charge in [0.2, 0.25) is 0 Å². The minimum Gasteiger partial charge on any atom is -0.409 e. The number of amidine groups is 1. The molecule has 5 nitrogen and oxygen atoms in total. The molecular weight excluding hydrogens is 252 g/mol. The van der Waals surface area contributed by atoms with Crippen LogP contribution in [0.5, 0.6) is 0 Å². The summed E-state index contributed by atoms with van der Waals surface area (Å²) in [7, 11) is 0. The Bertz CT molecular complexity index is 555. The average molecular weight is 265 g/mol. The highest BCUT2D eigenvalue weighted by Crippen LogP contribution is 2.13. The van der Waals surface area contributed by atoms with Gasteiger partial charge in [-0.2, -0.15) is 5.10 Å². The number of hydrogen-bond acceptors (Lipinski definition) is 3. The van der Waals surface area contributed by atoms with Crippen LogP contribution in [0.4, 0.5) is 0 Å². The largest absolute Gasteiger partial charge is 0.409 e. The van der Waals surface area contributed by atoms with E-state index in [9.17, 15) is 0 Å². The first kappa shape index (κ1) is 12.4. The van der Waals surface area contributed by atoms with E-state index in [0.29, 0.717) is 17.1 Å². The fourth-order valence-electron chi connectivity index (χ4n) is 1.60. The predicted octanol–water partition coefficient (Wildman–Crippen LogP) is 1.99. The Kier molecular flexibility index (Phi) is 3.53. The second kappa shape index (κ2) is 5.10. The number of nitrogens with zero attached hydrogens (tertiary/aromatic N) is 3. The average Bonchev–Trinajstić information content (AvgIpc) is 2.68. The van der Waals surface area contributed by atoms with E-state index < -0.39 is 0 Å². The summed E-state index contributed by atoms with van der Waals surface area (Å²) in [6.07, 6.45) is 1.79. The van der Waals surface area contributed by atoms with Gasteiger partial charge in [-0.3, -0.25) is 4.68 Å². The minimum atomic E-state index is 0.0968. The summed E-state index contributed by atoms with van der Waals surface area (Å²) in [4.78, 5) is 0. The highest BCUT2D eigenvalue weighted by molar-refractivity contribution is 6.31. The van der Waals surface area contributed by atoms with Crippen LogP contribution < -0.4 is 5.73 Å². The maximum Gasteiger partial charge on any atom is 0.170 e. The number of hydrogen-bond donors (Lipinski definition) is 2. The number of halogens is 1. The highest BCUT2D eigenvalue weighted by atomic mass is 35.5. The molecule has 3 N–H and O–H groups in total. The smallest absolute Gasteiger partial charge is 0.170 e. The third kappa shape index (κ3) is 2.62. The molecule has 0 saturated heterocycles. The number of nitrogens with two attached hydrogens (primary N) is 1. The second-order valence-electron chi connectivity index (χ2n) is 3.94. The summed E-state index contributed by atoms with van der Waals surface area (Å²) < 4.78 is 1.77. The van der Waals surface area contributed by atoms with Crippen molar-refractivity contribution in [2.75, 3.05) is 0 Å². The van der Waals surface area contributed by atoms with Crippen molar-refractivity contribution >= 4 is 17.4 Å². The molecule has 1 aromatic heterocycles. The summed E-state index contributed by atoms with van der Waals surface area (Å²) in [5.41, 5.74) is 8.03. The lowest BCUT2D eigenvalue weighted by atomic mass is 10.1. The van der Waals surface area contributed by atoms with Crippen molar-refractivity contribution in [3.8, 4) is 0 Å². The molecule has 0 bridgehead atoms. The summed E-state index contributed by atoms with van der Waals surface area (Å²) in [6.45, 7) is 2.49. The first-order chi connectivity index (χ1) is 8.60. The van der Waals surface area contributed by atoms with Crippen molar-refractivity contribution in [2.24, 2.45) is 10.9 Å². The first-order valence-electron chi connectivity index (χ1n) is 5.36. The van der Waals surface area contributed by atoms with Gasteiger partial charge < -0.3 is 10.9 Å². The molecule has 0 unspecified atom stereocenters. The van der Waals surface area contributed by atoms with Crippen LogP contribution >= 0.6 is 11.6 Å². The summed E-state index contributed by atoms with van der Waals surface area (Å²) >= 11 is 5.94. The van der Waals surface area contributed by atoms with Crippen LogP contribution in [0.2, 0.25) is 5.02 Å². The standard InChI is InChI=1S/C12H13ClN4O/c1-8-11(13)7-17(15-8)6-9-2-4-10(5-3-9)12(14)16-18/h2-5,7,18H,6H2,1H3,(H2,14,16). The Morgan fingerprint density at radius 2 is 2.11 bits per heavy atom.